The molecule has 9 nitrogen and oxygen atoms in total. The summed E-state index contributed by atoms with van der Waals surface area (Å²) in [5.74, 6) is -1.29. The lowest BCUT2D eigenvalue weighted by atomic mass is 9.70. The highest BCUT2D eigenvalue weighted by Crippen LogP contribution is 2.67. The average molecular weight is 737 g/mol. The monoisotopic (exact) mass is 736 g/mol. The fraction of sp³-hybridized carbons (Fsp3) is 0.419. The number of carbonyl (C=O) groups is 3. The Balaban J connectivity index is 1.41. The Bertz CT molecular complexity index is 1770. The number of nitrogens with zero attached hydrogens (tertiary/aromatic N) is 4. The second kappa shape index (κ2) is 16.6. The first kappa shape index (κ1) is 38.2. The molecule has 3 aliphatic heterocycles. The lowest BCUT2D eigenvalue weighted by Gasteiger charge is -2.40. The van der Waals surface area contributed by atoms with Crippen molar-refractivity contribution in [3.05, 3.63) is 110 Å². The van der Waals surface area contributed by atoms with E-state index in [4.69, 9.17) is 4.74 Å². The molecule has 3 amide bonds. The summed E-state index contributed by atoms with van der Waals surface area (Å²) >= 11 is 1.63. The highest BCUT2D eigenvalue weighted by atomic mass is 32.2. The van der Waals surface area contributed by atoms with E-state index < -0.39 is 28.7 Å². The van der Waals surface area contributed by atoms with Crippen LogP contribution in [0.3, 0.4) is 0 Å². The number of fused-ring (bicyclic) bond motifs is 1. The van der Waals surface area contributed by atoms with Gasteiger partial charge in [-0.1, -0.05) is 42.5 Å². The van der Waals surface area contributed by atoms with Crippen molar-refractivity contribution < 1.29 is 24.2 Å². The van der Waals surface area contributed by atoms with Crippen LogP contribution >= 0.6 is 11.8 Å². The van der Waals surface area contributed by atoms with Gasteiger partial charge in [0.1, 0.15) is 11.8 Å². The molecule has 3 heterocycles. The molecule has 0 aliphatic carbocycles. The van der Waals surface area contributed by atoms with E-state index in [1.54, 1.807) is 38.6 Å². The zero-order valence-corrected chi connectivity index (χ0v) is 31.9. The van der Waals surface area contributed by atoms with Crippen LogP contribution in [-0.2, 0) is 20.8 Å². The SMILES string of the molecule is C=CCN(C(=O)C1N([C@@H](CO)Cc2ccccc2)C(=O)[C@@H]2[C@H](C(=O)N(CC=C)c3ccc(OCC)cc3)[C@@H]3CCC12S3)c1ccc(N(CC)CC)cc1. The maximum Gasteiger partial charge on any atom is 0.251 e. The molecule has 280 valence electrons. The van der Waals surface area contributed by atoms with Gasteiger partial charge in [-0.15, -0.1) is 24.9 Å². The van der Waals surface area contributed by atoms with Gasteiger partial charge in [-0.25, -0.2) is 0 Å². The average Bonchev–Trinajstić information content (AvgIpc) is 3.83. The zero-order chi connectivity index (χ0) is 37.7. The number of anilines is 3. The molecule has 3 saturated heterocycles. The number of hydrogen-bond donors (Lipinski definition) is 1. The third-order valence-electron chi connectivity index (χ3n) is 11.1. The minimum Gasteiger partial charge on any atom is -0.494 e. The predicted molar refractivity (Wildman–Crippen MR) is 215 cm³/mol. The molecule has 0 aromatic heterocycles. The van der Waals surface area contributed by atoms with E-state index in [0.717, 1.165) is 24.3 Å². The van der Waals surface area contributed by atoms with Crippen LogP contribution < -0.4 is 19.4 Å². The van der Waals surface area contributed by atoms with Gasteiger partial charge in [0.05, 0.1) is 35.8 Å². The third kappa shape index (κ3) is 7.11. The van der Waals surface area contributed by atoms with Crippen LogP contribution in [0.2, 0.25) is 0 Å². The maximum atomic E-state index is 15.3. The molecule has 2 unspecified atom stereocenters. The van der Waals surface area contributed by atoms with Gasteiger partial charge in [-0.05, 0) is 94.1 Å². The number of hydrogen-bond acceptors (Lipinski definition) is 7. The van der Waals surface area contributed by atoms with E-state index in [2.05, 4.69) is 31.9 Å². The number of thioether (sulfide) groups is 1. The summed E-state index contributed by atoms with van der Waals surface area (Å²) in [7, 11) is 0. The molecule has 2 bridgehead atoms. The quantitative estimate of drug-likeness (QED) is 0.161. The number of ether oxygens (including phenoxy) is 1. The zero-order valence-electron chi connectivity index (χ0n) is 31.1. The number of carbonyl (C=O) groups excluding carboxylic acids is 3. The summed E-state index contributed by atoms with van der Waals surface area (Å²) < 4.78 is 4.80. The molecule has 0 radical (unpaired) electrons. The highest BCUT2D eigenvalue weighted by molar-refractivity contribution is 8.02. The molecule has 3 aromatic carbocycles. The number of benzene rings is 3. The molecule has 3 aromatic rings. The van der Waals surface area contributed by atoms with E-state index in [-0.39, 0.29) is 42.7 Å². The topological polar surface area (TPSA) is 93.6 Å². The van der Waals surface area contributed by atoms with Crippen LogP contribution in [0, 0.1) is 11.8 Å². The molecule has 1 N–H and O–H groups in total. The molecule has 6 rings (SSSR count). The predicted octanol–water partition coefficient (Wildman–Crippen LogP) is 6.36. The molecule has 10 heteroatoms. The van der Waals surface area contributed by atoms with Gasteiger partial charge >= 0.3 is 0 Å². The second-order valence-electron chi connectivity index (χ2n) is 13.9. The van der Waals surface area contributed by atoms with Crippen LogP contribution in [0.4, 0.5) is 17.1 Å². The first-order valence-corrected chi connectivity index (χ1v) is 19.7. The van der Waals surface area contributed by atoms with Crippen LogP contribution in [-0.4, -0.2) is 89.2 Å². The van der Waals surface area contributed by atoms with Gasteiger partial charge in [-0.3, -0.25) is 14.4 Å². The number of likely N-dealkylation sites (tertiary alicyclic amines) is 1. The first-order chi connectivity index (χ1) is 25.8. The maximum absolute atomic E-state index is 15.3. The molecule has 3 fully saturated rings. The normalized spacial score (nSPS) is 23.3. The van der Waals surface area contributed by atoms with Crippen LogP contribution in [0.5, 0.6) is 5.75 Å². The van der Waals surface area contributed by atoms with Crippen molar-refractivity contribution in [2.75, 3.05) is 54.1 Å². The van der Waals surface area contributed by atoms with Gasteiger partial charge in [0, 0.05) is 48.5 Å². The molecule has 53 heavy (non-hydrogen) atoms. The van der Waals surface area contributed by atoms with Crippen molar-refractivity contribution in [3.63, 3.8) is 0 Å². The Morgan fingerprint density at radius 2 is 1.49 bits per heavy atom. The highest BCUT2D eigenvalue weighted by Gasteiger charge is 2.74. The van der Waals surface area contributed by atoms with Crippen molar-refractivity contribution in [3.8, 4) is 5.75 Å². The third-order valence-corrected chi connectivity index (χ3v) is 13.0. The summed E-state index contributed by atoms with van der Waals surface area (Å²) in [6, 6.07) is 23.5. The summed E-state index contributed by atoms with van der Waals surface area (Å²) in [6.07, 6.45) is 5.09. The van der Waals surface area contributed by atoms with E-state index in [1.807, 2.05) is 85.8 Å². The fourth-order valence-electron chi connectivity index (χ4n) is 8.73. The van der Waals surface area contributed by atoms with Crippen molar-refractivity contribution in [2.24, 2.45) is 11.8 Å². The Hall–Kier alpha value is -4.54. The number of aliphatic hydroxyl groups is 1. The van der Waals surface area contributed by atoms with Crippen molar-refractivity contribution >= 4 is 46.5 Å². The second-order valence-corrected chi connectivity index (χ2v) is 15.5. The molecular formula is C43H52N4O5S. The smallest absolute Gasteiger partial charge is 0.251 e. The van der Waals surface area contributed by atoms with Crippen molar-refractivity contribution in [2.45, 2.75) is 62.1 Å². The van der Waals surface area contributed by atoms with Crippen molar-refractivity contribution in [1.29, 1.82) is 0 Å². The molecule has 0 saturated carbocycles. The van der Waals surface area contributed by atoms with E-state index >= 15 is 9.59 Å². The number of amides is 3. The van der Waals surface area contributed by atoms with Gasteiger partial charge < -0.3 is 29.4 Å². The Labute approximate surface area is 318 Å². The van der Waals surface area contributed by atoms with Crippen LogP contribution in [0.1, 0.15) is 39.2 Å². The summed E-state index contributed by atoms with van der Waals surface area (Å²) in [5.41, 5.74) is 3.41. The summed E-state index contributed by atoms with van der Waals surface area (Å²) in [6.45, 7) is 16.5. The van der Waals surface area contributed by atoms with Gasteiger partial charge in [0.15, 0.2) is 0 Å². The van der Waals surface area contributed by atoms with Gasteiger partial charge in [0.25, 0.3) is 5.91 Å². The number of rotatable bonds is 17. The Morgan fingerprint density at radius 1 is 0.906 bits per heavy atom. The molecule has 1 spiro atoms. The lowest BCUT2D eigenvalue weighted by molar-refractivity contribution is -0.141. The largest absolute Gasteiger partial charge is 0.494 e. The van der Waals surface area contributed by atoms with E-state index in [1.165, 1.54) is 0 Å². The first-order valence-electron chi connectivity index (χ1n) is 18.8. The molecule has 3 aliphatic rings. The summed E-state index contributed by atoms with van der Waals surface area (Å²) in [5, 5.41) is 10.9. The number of aliphatic hydroxyl groups excluding tert-OH is 1. The van der Waals surface area contributed by atoms with Crippen molar-refractivity contribution in [1.82, 2.24) is 4.90 Å². The summed E-state index contributed by atoms with van der Waals surface area (Å²) in [4.78, 5) is 52.6. The molecule has 6 atom stereocenters. The van der Waals surface area contributed by atoms with Crippen LogP contribution in [0.15, 0.2) is 104 Å². The Morgan fingerprint density at radius 3 is 2.06 bits per heavy atom. The van der Waals surface area contributed by atoms with Gasteiger partial charge in [-0.2, -0.15) is 0 Å². The van der Waals surface area contributed by atoms with Crippen LogP contribution in [0.25, 0.3) is 0 Å². The lowest BCUT2D eigenvalue weighted by Crippen LogP contribution is -2.58. The fourth-order valence-corrected chi connectivity index (χ4v) is 10.9. The minimum absolute atomic E-state index is 0.133. The minimum atomic E-state index is -0.894. The molecular weight excluding hydrogens is 685 g/mol. The van der Waals surface area contributed by atoms with E-state index in [9.17, 15) is 9.90 Å². The standard InChI is InChI=1S/C43H52N4O5S/c1-6-26-45(33-20-22-35(23-21-33)52-10-5)40(49)37-36-24-25-43(53-36)38(37)41(50)47(34(29-48)28-30-14-12-11-13-15-30)39(43)42(51)46(27-7-2)32-18-16-31(17-19-32)44(8-3)9-4/h6-7,11-23,34,36-39,48H,1-2,8-10,24-29H2,3-5H3/t34-,36+,37-,38+,39?,43?/m1/s1. The Kier molecular flexibility index (Phi) is 12.0. The van der Waals surface area contributed by atoms with E-state index in [0.29, 0.717) is 43.0 Å². The van der Waals surface area contributed by atoms with Gasteiger partial charge in [0.2, 0.25) is 11.8 Å².